The van der Waals surface area contributed by atoms with Crippen molar-refractivity contribution in [2.75, 3.05) is 69.5 Å². The number of thiazole rings is 1. The van der Waals surface area contributed by atoms with Crippen LogP contribution >= 0.6 is 11.3 Å². The molecule has 0 spiro atoms. The fourth-order valence-corrected chi connectivity index (χ4v) is 8.41. The van der Waals surface area contributed by atoms with Crippen LogP contribution in [-0.4, -0.2) is 125 Å². The Kier molecular flexibility index (Phi) is 17.7. The number of carbonyl (C=O) groups is 5. The molecule has 1 aliphatic heterocycles. The molecule has 1 fully saturated rings. The molecule has 1 saturated heterocycles. The number of anilines is 3. The number of aryl methyl sites for hydroxylation is 1. The summed E-state index contributed by atoms with van der Waals surface area (Å²) in [4.78, 5) is 80.1. The summed E-state index contributed by atoms with van der Waals surface area (Å²) in [7, 11) is 0. The summed E-state index contributed by atoms with van der Waals surface area (Å²) in [6.07, 6.45) is 3.46. The molecule has 4 heterocycles. The molecule has 0 saturated carbocycles. The summed E-state index contributed by atoms with van der Waals surface area (Å²) in [6, 6.07) is 9.02. The van der Waals surface area contributed by atoms with Gasteiger partial charge in [-0.15, -0.1) is 11.3 Å². The molecule has 0 radical (unpaired) electrons. The maximum Gasteiger partial charge on any atom is 0.246 e. The van der Waals surface area contributed by atoms with Crippen LogP contribution in [0.5, 0.6) is 0 Å². The summed E-state index contributed by atoms with van der Waals surface area (Å²) in [6.45, 7) is 9.07. The minimum Gasteiger partial charge on any atom is -0.397 e. The number of halogens is 1. The highest BCUT2D eigenvalue weighted by molar-refractivity contribution is 7.13. The fraction of sp³-hybridized carbons (Fsp3) is 0.417. The lowest BCUT2D eigenvalue weighted by molar-refractivity contribution is -0.144. The number of aliphatic hydroxyl groups excluding tert-OH is 1. The molecule has 5 amide bonds. The number of aromatic nitrogens is 3. The van der Waals surface area contributed by atoms with Gasteiger partial charge in [-0.25, -0.2) is 14.4 Å². The number of hydrogen-bond acceptors (Lipinski definition) is 15. The van der Waals surface area contributed by atoms with E-state index in [1.54, 1.807) is 56.7 Å². The van der Waals surface area contributed by atoms with Crippen molar-refractivity contribution in [3.05, 3.63) is 83.1 Å². The minimum atomic E-state index is -1.01. The third kappa shape index (κ3) is 13.8. The number of ether oxygens (including phenoxy) is 3. The number of fused-ring (bicyclic) bond motifs is 1. The Morgan fingerprint density at radius 2 is 1.59 bits per heavy atom. The van der Waals surface area contributed by atoms with Gasteiger partial charge in [0, 0.05) is 61.4 Å². The van der Waals surface area contributed by atoms with E-state index in [1.807, 2.05) is 31.2 Å². The molecule has 69 heavy (non-hydrogen) atoms. The van der Waals surface area contributed by atoms with E-state index >= 15 is 4.39 Å². The number of amides is 5. The molecule has 21 heteroatoms. The second kappa shape index (κ2) is 23.6. The average Bonchev–Trinajstić information content (AvgIpc) is 3.93. The Morgan fingerprint density at radius 3 is 2.28 bits per heavy atom. The maximum absolute atomic E-state index is 15.3. The normalized spacial score (nSPS) is 15.2. The molecule has 368 valence electrons. The lowest BCUT2D eigenvalue weighted by atomic mass is 9.85. The van der Waals surface area contributed by atoms with E-state index in [4.69, 9.17) is 25.7 Å². The van der Waals surface area contributed by atoms with Gasteiger partial charge in [0.1, 0.15) is 31.1 Å². The van der Waals surface area contributed by atoms with E-state index in [-0.39, 0.29) is 89.2 Å². The number of β-amino-alcohol motifs (C(OH)–C–C–N with tert-alkyl or cyclic N) is 1. The van der Waals surface area contributed by atoms with Crippen molar-refractivity contribution in [1.29, 1.82) is 0 Å². The lowest BCUT2D eigenvalue weighted by Gasteiger charge is -2.35. The van der Waals surface area contributed by atoms with Gasteiger partial charge in [-0.2, -0.15) is 0 Å². The molecule has 0 bridgehead atoms. The average molecular weight is 971 g/mol. The fourth-order valence-electron chi connectivity index (χ4n) is 7.60. The van der Waals surface area contributed by atoms with Crippen LogP contribution in [0.15, 0.2) is 60.5 Å². The van der Waals surface area contributed by atoms with Gasteiger partial charge in [0.2, 0.25) is 29.5 Å². The Bertz CT molecular complexity index is 2640. The van der Waals surface area contributed by atoms with E-state index in [0.29, 0.717) is 27.6 Å². The number of nitrogens with two attached hydrogens (primary N) is 2. The molecule has 6 rings (SSSR count). The van der Waals surface area contributed by atoms with Gasteiger partial charge in [-0.3, -0.25) is 29.0 Å². The summed E-state index contributed by atoms with van der Waals surface area (Å²) >= 11 is 1.56. The Labute approximate surface area is 402 Å². The topological polar surface area (TPSA) is 275 Å². The first-order valence-corrected chi connectivity index (χ1v) is 23.2. The number of rotatable bonds is 21. The quantitative estimate of drug-likeness (QED) is 0.0409. The zero-order chi connectivity index (χ0) is 49.8. The van der Waals surface area contributed by atoms with Gasteiger partial charge in [0.05, 0.1) is 66.2 Å². The number of likely N-dealkylation sites (tertiary alicyclic amines) is 1. The maximum atomic E-state index is 15.3. The third-order valence-electron chi connectivity index (χ3n) is 11.4. The van der Waals surface area contributed by atoms with Crippen LogP contribution in [0.2, 0.25) is 0 Å². The molecule has 0 unspecified atom stereocenters. The second-order valence-corrected chi connectivity index (χ2v) is 18.5. The van der Waals surface area contributed by atoms with Gasteiger partial charge >= 0.3 is 0 Å². The number of nitrogen functional groups attached to an aromatic ring is 2. The first-order valence-electron chi connectivity index (χ1n) is 22.3. The minimum absolute atomic E-state index is 0.0301. The van der Waals surface area contributed by atoms with Gasteiger partial charge in [-0.1, -0.05) is 45.0 Å². The van der Waals surface area contributed by atoms with Gasteiger partial charge < -0.3 is 57.0 Å². The van der Waals surface area contributed by atoms with Crippen LogP contribution in [0, 0.1) is 25.1 Å². The molecular formula is C48H59FN10O9S. The van der Waals surface area contributed by atoms with Crippen LogP contribution in [0.1, 0.15) is 50.4 Å². The van der Waals surface area contributed by atoms with Gasteiger partial charge in [-0.05, 0) is 53.5 Å². The van der Waals surface area contributed by atoms with Crippen LogP contribution in [0.4, 0.5) is 21.6 Å². The number of hydrogen-bond donors (Lipinski definition) is 7. The van der Waals surface area contributed by atoms with Crippen LogP contribution in [0.25, 0.3) is 32.3 Å². The first kappa shape index (κ1) is 51.7. The predicted molar refractivity (Wildman–Crippen MR) is 259 cm³/mol. The van der Waals surface area contributed by atoms with Crippen molar-refractivity contribution in [3.63, 3.8) is 0 Å². The van der Waals surface area contributed by atoms with Crippen molar-refractivity contribution in [3.8, 4) is 21.6 Å². The molecule has 3 atom stereocenters. The summed E-state index contributed by atoms with van der Waals surface area (Å²) < 4.78 is 31.6. The second-order valence-electron chi connectivity index (χ2n) is 17.7. The number of aliphatic hydroxyl groups is 1. The summed E-state index contributed by atoms with van der Waals surface area (Å²) in [5, 5.41) is 22.4. The highest BCUT2D eigenvalue weighted by atomic mass is 32.1. The van der Waals surface area contributed by atoms with Crippen LogP contribution in [0.3, 0.4) is 0 Å². The highest BCUT2D eigenvalue weighted by Gasteiger charge is 2.44. The summed E-state index contributed by atoms with van der Waals surface area (Å²) in [5.41, 5.74) is 17.6. The van der Waals surface area contributed by atoms with E-state index in [0.717, 1.165) is 21.7 Å². The summed E-state index contributed by atoms with van der Waals surface area (Å²) in [5.74, 6) is -2.70. The molecule has 9 N–H and O–H groups in total. The Balaban J connectivity index is 0.839. The first-order chi connectivity index (χ1) is 32.9. The molecule has 2 aromatic carbocycles. The smallest absolute Gasteiger partial charge is 0.246 e. The largest absolute Gasteiger partial charge is 0.397 e. The van der Waals surface area contributed by atoms with Crippen LogP contribution < -0.4 is 32.7 Å². The SMILES string of the molecule is Cc1ncsc1-c1ccc(CNC(=O)[C@@H]2C[C@@H](O)CN2C(=O)[C@@H](NC(=O)COCCOCCOCC(=O)NCCC(=O)Nc2cc3cc(-c4cncc(N)c4C)c(F)c(N)c3cn2)C(C)(C)C)cc1. The predicted octanol–water partition coefficient (Wildman–Crippen LogP) is 3.64. The molecule has 0 aliphatic carbocycles. The zero-order valence-corrected chi connectivity index (χ0v) is 40.0. The number of nitrogens with one attached hydrogen (secondary N) is 4. The number of pyridine rings is 2. The lowest BCUT2D eigenvalue weighted by Crippen LogP contribution is -2.58. The van der Waals surface area contributed by atoms with Crippen molar-refractivity contribution in [2.24, 2.45) is 5.41 Å². The van der Waals surface area contributed by atoms with Crippen molar-refractivity contribution in [1.82, 2.24) is 35.8 Å². The molecule has 3 aromatic heterocycles. The standard InChI is InChI=1S/C48H59FN10O9S/c1-27-34(20-52-22-36(27)50)33-16-31-17-38(54-21-35(31)43(51)42(33)49)57-39(61)10-11-53-40(62)24-67-14-12-66-13-15-68-25-41(63)58-45(48(3,4)5)47(65)59-23-32(60)18-37(59)46(64)55-19-29-6-8-30(9-7-29)44-28(2)56-26-69-44/h6-9,16-17,20-22,26,32,37,45,60H,10-15,18-19,23-25,50-51H2,1-5H3,(H,53,62)(H,55,64)(H,58,63)(H,54,57,61)/t32-,37+,45-/m1/s1. The van der Waals surface area contributed by atoms with Crippen molar-refractivity contribution < 1.29 is 47.7 Å². The number of benzene rings is 2. The zero-order valence-electron chi connectivity index (χ0n) is 39.2. The number of nitrogens with zero attached hydrogens (tertiary/aromatic N) is 4. The van der Waals surface area contributed by atoms with Gasteiger partial charge in [0.15, 0.2) is 5.82 Å². The Hall–Kier alpha value is -6.65. The van der Waals surface area contributed by atoms with Crippen molar-refractivity contribution >= 4 is 68.8 Å². The van der Waals surface area contributed by atoms with E-state index in [2.05, 4.69) is 36.2 Å². The van der Waals surface area contributed by atoms with E-state index in [1.165, 1.54) is 23.5 Å². The van der Waals surface area contributed by atoms with Gasteiger partial charge in [0.25, 0.3) is 0 Å². The number of carbonyl (C=O) groups excluding carboxylic acids is 5. The Morgan fingerprint density at radius 1 is 0.899 bits per heavy atom. The molecular weight excluding hydrogens is 912 g/mol. The van der Waals surface area contributed by atoms with Crippen LogP contribution in [-0.2, 0) is 44.7 Å². The van der Waals surface area contributed by atoms with E-state index < -0.39 is 59.0 Å². The highest BCUT2D eigenvalue weighted by Crippen LogP contribution is 2.36. The molecule has 5 aromatic rings. The van der Waals surface area contributed by atoms with E-state index in [9.17, 15) is 29.1 Å². The molecule has 1 aliphatic rings. The monoisotopic (exact) mass is 970 g/mol. The third-order valence-corrected chi connectivity index (χ3v) is 12.4. The van der Waals surface area contributed by atoms with Crippen molar-refractivity contribution in [2.45, 2.75) is 72.2 Å². The molecule has 19 nitrogen and oxygen atoms in total.